The monoisotopic (exact) mass is 956 g/mol. The van der Waals surface area contributed by atoms with Gasteiger partial charge in [0.2, 0.25) is 23.3 Å². The van der Waals surface area contributed by atoms with Gasteiger partial charge in [-0.3, -0.25) is 58.5 Å². The van der Waals surface area contributed by atoms with Crippen molar-refractivity contribution in [3.63, 3.8) is 0 Å². The lowest BCUT2D eigenvalue weighted by atomic mass is 9.99. The zero-order valence-electron chi connectivity index (χ0n) is 38.2. The van der Waals surface area contributed by atoms with Gasteiger partial charge in [-0.1, -0.05) is 18.2 Å². The van der Waals surface area contributed by atoms with Crippen molar-refractivity contribution >= 4 is 52.5 Å². The van der Waals surface area contributed by atoms with E-state index in [9.17, 15) is 46.7 Å². The van der Waals surface area contributed by atoms with Gasteiger partial charge in [0, 0.05) is 101 Å². The molecular weight excluding hydrogens is 905 g/mol. The molecule has 21 heteroatoms. The minimum absolute atomic E-state index is 0.00266. The van der Waals surface area contributed by atoms with Gasteiger partial charge in [-0.25, -0.2) is 4.39 Å². The van der Waals surface area contributed by atoms with Gasteiger partial charge in [-0.05, 0) is 74.8 Å². The number of carbonyl (C=O) groups excluding carboxylic acids is 6. The predicted molar refractivity (Wildman–Crippen MR) is 247 cm³/mol. The minimum Gasteiger partial charge on any atom is -0.375 e. The van der Waals surface area contributed by atoms with E-state index in [0.717, 1.165) is 16.7 Å². The van der Waals surface area contributed by atoms with Crippen molar-refractivity contribution in [1.82, 2.24) is 35.2 Å². The molecular formula is C48H52F4N10O7. The first-order valence-electron chi connectivity index (χ1n) is 22.7. The summed E-state index contributed by atoms with van der Waals surface area (Å²) in [4.78, 5) is 101. The highest BCUT2D eigenvalue weighted by Gasteiger charge is 2.46. The number of H-pyrrole nitrogens is 1. The van der Waals surface area contributed by atoms with Crippen molar-refractivity contribution in [2.75, 3.05) is 81.5 Å². The first kappa shape index (κ1) is 48.5. The van der Waals surface area contributed by atoms with Crippen LogP contribution in [0.25, 0.3) is 11.1 Å². The van der Waals surface area contributed by atoms with Gasteiger partial charge in [-0.15, -0.1) is 0 Å². The number of anilines is 3. The molecule has 8 rings (SSSR count). The quantitative estimate of drug-likeness (QED) is 0.0964. The number of imide groups is 2. The number of piperazine rings is 2. The molecule has 4 aromatic rings. The third-order valence-corrected chi connectivity index (χ3v) is 13.3. The number of hydrogen-bond acceptors (Lipinski definition) is 12. The maximum atomic E-state index is 15.7. The summed E-state index contributed by atoms with van der Waals surface area (Å²) in [6, 6.07) is 13.9. The highest BCUT2D eigenvalue weighted by atomic mass is 19.4. The fourth-order valence-electron chi connectivity index (χ4n) is 9.34. The summed E-state index contributed by atoms with van der Waals surface area (Å²) in [6.07, 6.45) is -4.21. The Balaban J connectivity index is 0.867. The van der Waals surface area contributed by atoms with Crippen molar-refractivity contribution in [2.24, 2.45) is 0 Å². The Hall–Kier alpha value is -6.97. The van der Waals surface area contributed by atoms with Gasteiger partial charge in [-0.2, -0.15) is 13.2 Å². The number of carbonyl (C=O) groups is 6. The van der Waals surface area contributed by atoms with Gasteiger partial charge >= 0.3 is 6.18 Å². The van der Waals surface area contributed by atoms with Crippen molar-refractivity contribution in [3.05, 3.63) is 111 Å². The second kappa shape index (κ2) is 19.9. The fraction of sp³-hybridized carbons (Fsp3) is 0.396. The smallest absolute Gasteiger partial charge is 0.375 e. The molecule has 1 aromatic heterocycles. The number of hydrogen-bond donors (Lipinski definition) is 5. The molecule has 0 radical (unpaired) electrons. The first-order valence-corrected chi connectivity index (χ1v) is 22.7. The van der Waals surface area contributed by atoms with E-state index in [4.69, 9.17) is 0 Å². The van der Waals surface area contributed by atoms with Crippen LogP contribution in [0.5, 0.6) is 0 Å². The molecule has 3 atom stereocenters. The average Bonchev–Trinajstić information content (AvgIpc) is 3.56. The van der Waals surface area contributed by atoms with Crippen LogP contribution in [0.3, 0.4) is 0 Å². The van der Waals surface area contributed by atoms with E-state index in [0.29, 0.717) is 76.2 Å². The van der Waals surface area contributed by atoms with Crippen LogP contribution in [0.2, 0.25) is 0 Å². The summed E-state index contributed by atoms with van der Waals surface area (Å²) in [5.41, 5.74) is -0.532. The maximum Gasteiger partial charge on any atom is 0.417 e. The summed E-state index contributed by atoms with van der Waals surface area (Å²) in [7, 11) is 2.01. The number of halogens is 4. The number of piperidine rings is 1. The third kappa shape index (κ3) is 10.5. The van der Waals surface area contributed by atoms with Crippen LogP contribution < -0.4 is 31.7 Å². The third-order valence-electron chi connectivity index (χ3n) is 13.3. The van der Waals surface area contributed by atoms with Crippen LogP contribution >= 0.6 is 0 Å². The molecule has 3 fully saturated rings. The van der Waals surface area contributed by atoms with Crippen molar-refractivity contribution in [3.8, 4) is 11.1 Å². The van der Waals surface area contributed by atoms with Crippen LogP contribution in [0.15, 0.2) is 71.7 Å². The Kier molecular flexibility index (Phi) is 14.0. The van der Waals surface area contributed by atoms with Crippen LogP contribution in [-0.4, -0.2) is 144 Å². The number of rotatable bonds is 13. The molecule has 1 unspecified atom stereocenters. The molecule has 4 aliphatic rings. The molecule has 0 spiro atoms. The first-order chi connectivity index (χ1) is 32.9. The molecule has 364 valence electrons. The zero-order valence-corrected chi connectivity index (χ0v) is 38.2. The highest BCUT2D eigenvalue weighted by Crippen LogP contribution is 2.37. The van der Waals surface area contributed by atoms with Crippen LogP contribution in [0.4, 0.5) is 34.6 Å². The molecule has 0 bridgehead atoms. The molecule has 5 heterocycles. The standard InChI is InChI=1S/C48H52F4N10O7/c1-27-24-61(25-28(2)58(27)3)38-10-8-30(20-37(38)56-44(66)33-22-55-41(64)21-34(33)48(50,51)52)32-19-29(7-9-35(32)49)26-60-17-15-59(16-18-60)14-13-53-42(65)23-54-36-6-4-5-31-43(36)47(69)62(46(31)68)39-11-12-40(63)57-45(39)67/h4-10,19-22,27-28,39,54H,11-18,23-26H2,1-3H3,(H,53,65)(H,55,64)(H,56,66)(H,57,63,67)/t27-,28+,39?. The van der Waals surface area contributed by atoms with E-state index in [1.165, 1.54) is 12.1 Å². The van der Waals surface area contributed by atoms with Gasteiger partial charge in [0.1, 0.15) is 11.9 Å². The van der Waals surface area contributed by atoms with E-state index in [-0.39, 0.29) is 65.4 Å². The number of nitrogens with zero attached hydrogens (tertiary/aromatic N) is 5. The number of alkyl halides is 3. The lowest BCUT2D eigenvalue weighted by Crippen LogP contribution is -2.55. The molecule has 6 amide bonds. The largest absolute Gasteiger partial charge is 0.417 e. The lowest BCUT2D eigenvalue weighted by molar-refractivity contribution is -0.138. The molecule has 0 aliphatic carbocycles. The average molecular weight is 957 g/mol. The Morgan fingerprint density at radius 3 is 2.28 bits per heavy atom. The molecule has 3 saturated heterocycles. The number of pyridine rings is 1. The molecule has 3 aromatic carbocycles. The molecule has 5 N–H and O–H groups in total. The van der Waals surface area contributed by atoms with Crippen LogP contribution in [-0.2, 0) is 27.1 Å². The van der Waals surface area contributed by atoms with E-state index < -0.39 is 64.3 Å². The van der Waals surface area contributed by atoms with Gasteiger partial charge in [0.15, 0.2) is 0 Å². The predicted octanol–water partition coefficient (Wildman–Crippen LogP) is 3.73. The number of aromatic amines is 1. The minimum atomic E-state index is -4.98. The Bertz CT molecular complexity index is 2750. The number of fused-ring (bicyclic) bond motifs is 1. The Labute approximate surface area is 394 Å². The van der Waals surface area contributed by atoms with Crippen molar-refractivity contribution in [2.45, 2.75) is 57.5 Å². The Morgan fingerprint density at radius 2 is 1.57 bits per heavy atom. The van der Waals surface area contributed by atoms with Gasteiger partial charge < -0.3 is 25.8 Å². The second-order valence-corrected chi connectivity index (χ2v) is 17.9. The number of nitrogens with one attached hydrogen (secondary N) is 5. The summed E-state index contributed by atoms with van der Waals surface area (Å²) >= 11 is 0. The van der Waals surface area contributed by atoms with E-state index in [1.54, 1.807) is 42.5 Å². The molecule has 4 aliphatic heterocycles. The number of amides is 6. The van der Waals surface area contributed by atoms with Crippen molar-refractivity contribution in [1.29, 1.82) is 0 Å². The van der Waals surface area contributed by atoms with Crippen LogP contribution in [0.1, 0.15) is 68.9 Å². The summed E-state index contributed by atoms with van der Waals surface area (Å²) < 4.78 is 57.7. The Morgan fingerprint density at radius 1 is 0.841 bits per heavy atom. The summed E-state index contributed by atoms with van der Waals surface area (Å²) in [6.45, 7) is 9.18. The number of aromatic nitrogens is 1. The molecule has 0 saturated carbocycles. The van der Waals surface area contributed by atoms with Crippen LogP contribution in [0, 0.1) is 5.82 Å². The summed E-state index contributed by atoms with van der Waals surface area (Å²) in [5, 5.41) is 10.6. The SMILES string of the molecule is C[C@@H]1CN(c2ccc(-c3cc(CN4CCN(CCNC(=O)CNc5cccc6c5C(=O)N(C5CCC(=O)NC5=O)C6=O)CC4)ccc3F)cc2NC(=O)c2c[nH]c(=O)cc2C(F)(F)F)C[C@H](C)N1C. The van der Waals surface area contributed by atoms with Gasteiger partial charge in [0.25, 0.3) is 17.7 Å². The fourth-order valence-corrected chi connectivity index (χ4v) is 9.34. The van der Waals surface area contributed by atoms with Crippen molar-refractivity contribution < 1.29 is 46.3 Å². The lowest BCUT2D eigenvalue weighted by Gasteiger charge is -2.44. The van der Waals surface area contributed by atoms with E-state index in [2.05, 4.69) is 41.0 Å². The maximum absolute atomic E-state index is 15.7. The molecule has 69 heavy (non-hydrogen) atoms. The highest BCUT2D eigenvalue weighted by molar-refractivity contribution is 6.25. The van der Waals surface area contributed by atoms with E-state index in [1.807, 2.05) is 25.8 Å². The topological polar surface area (TPSA) is 200 Å². The number of likely N-dealkylation sites (N-methyl/N-ethyl adjacent to an activating group) is 1. The normalized spacial score (nSPS) is 20.5. The second-order valence-electron chi connectivity index (χ2n) is 17.9. The number of benzene rings is 3. The van der Waals surface area contributed by atoms with E-state index >= 15 is 4.39 Å². The van der Waals surface area contributed by atoms with Gasteiger partial charge in [0.05, 0.1) is 40.2 Å². The molecule has 17 nitrogen and oxygen atoms in total. The summed E-state index contributed by atoms with van der Waals surface area (Å²) in [5.74, 6) is -4.47. The zero-order chi connectivity index (χ0) is 49.3.